The summed E-state index contributed by atoms with van der Waals surface area (Å²) < 4.78 is 2.11. The van der Waals surface area contributed by atoms with Crippen LogP contribution in [0.4, 0.5) is 5.69 Å². The van der Waals surface area contributed by atoms with Gasteiger partial charge < -0.3 is 4.57 Å². The van der Waals surface area contributed by atoms with Crippen LogP contribution in [0.2, 0.25) is 0 Å². The summed E-state index contributed by atoms with van der Waals surface area (Å²) in [5.74, 6) is -0.786. The van der Waals surface area contributed by atoms with Crippen molar-refractivity contribution in [3.8, 4) is 51.2 Å². The number of nitrogens with zero attached hydrogens (tertiary/aromatic N) is 4. The summed E-state index contributed by atoms with van der Waals surface area (Å²) in [5, 5.41) is 21.0. The number of amides is 2. The van der Waals surface area contributed by atoms with Gasteiger partial charge in [-0.25, -0.2) is 4.90 Å². The lowest BCUT2D eigenvalue weighted by Gasteiger charge is -2.19. The Morgan fingerprint density at radius 2 is 0.865 bits per heavy atom. The fourth-order valence-electron chi connectivity index (χ4n) is 7.47. The average Bonchev–Trinajstić information content (AvgIpc) is 3.69. The van der Waals surface area contributed by atoms with Crippen molar-refractivity contribution in [3.63, 3.8) is 0 Å². The number of nitriles is 2. The molecule has 242 valence electrons. The van der Waals surface area contributed by atoms with E-state index in [4.69, 9.17) is 0 Å². The molecule has 52 heavy (non-hydrogen) atoms. The molecule has 0 saturated heterocycles. The Morgan fingerprint density at radius 1 is 0.404 bits per heavy atom. The summed E-state index contributed by atoms with van der Waals surface area (Å²) in [4.78, 5) is 30.5. The maximum Gasteiger partial charge on any atom is 0.268 e. The number of aromatic nitrogens is 1. The standard InChI is InChI=1S/C46H26N4O2/c47-27-29-19-23-32(24-20-29)35-12-6-14-37-38-15-7-13-36(33-25-21-30(28-48)22-26-33)44(38)49(43(35)37)41-18-8-16-39-42(41)46(52)50(45(39)51)40-17-5-4-11-34(40)31-9-2-1-3-10-31/h1-26H. The number of carbonyl (C=O) groups is 2. The molecule has 0 N–H and O–H groups in total. The largest absolute Gasteiger partial charge is 0.307 e. The summed E-state index contributed by atoms with van der Waals surface area (Å²) in [7, 11) is 0. The molecule has 0 unspecified atom stereocenters. The van der Waals surface area contributed by atoms with Crippen LogP contribution in [0.15, 0.2) is 158 Å². The summed E-state index contributed by atoms with van der Waals surface area (Å²) in [6.07, 6.45) is 0. The number of imide groups is 1. The lowest BCUT2D eigenvalue weighted by molar-refractivity contribution is 0.0926. The third-order valence-electron chi connectivity index (χ3n) is 9.82. The number of hydrogen-bond donors (Lipinski definition) is 0. The van der Waals surface area contributed by atoms with Gasteiger partial charge in [-0.3, -0.25) is 9.59 Å². The van der Waals surface area contributed by atoms with E-state index in [9.17, 15) is 20.1 Å². The van der Waals surface area contributed by atoms with Gasteiger partial charge in [0.05, 0.1) is 56.8 Å². The van der Waals surface area contributed by atoms with Crippen LogP contribution >= 0.6 is 0 Å². The number of hydrogen-bond acceptors (Lipinski definition) is 4. The van der Waals surface area contributed by atoms with Crippen molar-refractivity contribution in [1.29, 1.82) is 10.5 Å². The van der Waals surface area contributed by atoms with Crippen molar-refractivity contribution in [3.05, 3.63) is 180 Å². The first-order valence-corrected chi connectivity index (χ1v) is 16.8. The van der Waals surface area contributed by atoms with Gasteiger partial charge in [-0.05, 0) is 59.2 Å². The van der Waals surface area contributed by atoms with Crippen molar-refractivity contribution >= 4 is 39.3 Å². The fourth-order valence-corrected chi connectivity index (χ4v) is 7.47. The van der Waals surface area contributed by atoms with Crippen molar-refractivity contribution < 1.29 is 9.59 Å². The van der Waals surface area contributed by atoms with E-state index < -0.39 is 5.91 Å². The molecule has 0 atom stereocenters. The molecule has 1 aliphatic rings. The Hall–Kier alpha value is -7.54. The highest BCUT2D eigenvalue weighted by atomic mass is 16.2. The number of fused-ring (bicyclic) bond motifs is 4. The molecular formula is C46H26N4O2. The molecule has 2 amide bonds. The maximum atomic E-state index is 14.9. The smallest absolute Gasteiger partial charge is 0.268 e. The molecular weight excluding hydrogens is 641 g/mol. The Labute approximate surface area is 299 Å². The van der Waals surface area contributed by atoms with E-state index in [1.165, 1.54) is 4.90 Å². The first kappa shape index (κ1) is 30.5. The highest BCUT2D eigenvalue weighted by Crippen LogP contribution is 2.44. The van der Waals surface area contributed by atoms with Crippen LogP contribution in [-0.4, -0.2) is 16.4 Å². The van der Waals surface area contributed by atoms with Crippen molar-refractivity contribution in [2.75, 3.05) is 4.90 Å². The molecule has 1 aromatic heterocycles. The number of rotatable bonds is 5. The highest BCUT2D eigenvalue weighted by molar-refractivity contribution is 6.36. The normalized spacial score (nSPS) is 12.2. The van der Waals surface area contributed by atoms with Crippen LogP contribution in [-0.2, 0) is 0 Å². The zero-order valence-corrected chi connectivity index (χ0v) is 27.6. The van der Waals surface area contributed by atoms with Crippen molar-refractivity contribution in [1.82, 2.24) is 4.57 Å². The molecule has 0 saturated carbocycles. The summed E-state index contributed by atoms with van der Waals surface area (Å²) in [5.41, 5.74) is 9.88. The monoisotopic (exact) mass is 666 g/mol. The van der Waals surface area contributed by atoms with Crippen LogP contribution in [0.5, 0.6) is 0 Å². The van der Waals surface area contributed by atoms with E-state index in [0.29, 0.717) is 33.6 Å². The predicted molar refractivity (Wildman–Crippen MR) is 204 cm³/mol. The van der Waals surface area contributed by atoms with Gasteiger partial charge in [0.15, 0.2) is 0 Å². The number of anilines is 1. The Bertz CT molecular complexity index is 2720. The van der Waals surface area contributed by atoms with Crippen LogP contribution in [0.3, 0.4) is 0 Å². The molecule has 0 radical (unpaired) electrons. The molecule has 6 nitrogen and oxygen atoms in total. The first-order valence-electron chi connectivity index (χ1n) is 16.8. The quantitative estimate of drug-likeness (QED) is 0.171. The Morgan fingerprint density at radius 3 is 1.44 bits per heavy atom. The molecule has 7 aromatic carbocycles. The number of para-hydroxylation sites is 3. The van der Waals surface area contributed by atoms with Gasteiger partial charge in [0.2, 0.25) is 0 Å². The molecule has 0 spiro atoms. The van der Waals surface area contributed by atoms with E-state index in [1.54, 1.807) is 30.3 Å². The van der Waals surface area contributed by atoms with Gasteiger partial charge in [-0.15, -0.1) is 0 Å². The minimum atomic E-state index is -0.402. The number of carbonyl (C=O) groups excluding carboxylic acids is 2. The van der Waals surface area contributed by atoms with E-state index in [-0.39, 0.29) is 5.91 Å². The van der Waals surface area contributed by atoms with Gasteiger partial charge in [0.25, 0.3) is 11.8 Å². The zero-order valence-electron chi connectivity index (χ0n) is 27.6. The molecule has 2 heterocycles. The van der Waals surface area contributed by atoms with Crippen LogP contribution < -0.4 is 4.90 Å². The Kier molecular flexibility index (Phi) is 7.10. The molecule has 0 fully saturated rings. The summed E-state index contributed by atoms with van der Waals surface area (Å²) in [6.45, 7) is 0. The topological polar surface area (TPSA) is 89.9 Å². The molecule has 6 heteroatoms. The molecule has 1 aliphatic heterocycles. The molecule has 0 bridgehead atoms. The number of benzene rings is 7. The van der Waals surface area contributed by atoms with Crippen LogP contribution in [0.1, 0.15) is 31.8 Å². The minimum Gasteiger partial charge on any atom is -0.307 e. The lowest BCUT2D eigenvalue weighted by Crippen LogP contribution is -2.30. The average molecular weight is 667 g/mol. The third kappa shape index (κ3) is 4.64. The second-order valence-corrected chi connectivity index (χ2v) is 12.6. The Balaban J connectivity index is 1.35. The SMILES string of the molecule is N#Cc1ccc(-c2cccc3c4cccc(-c5ccc(C#N)cc5)c4n(-c4cccc5c4C(=O)N(c4ccccc4-c4ccccc4)C5=O)c23)cc1. The van der Waals surface area contributed by atoms with E-state index in [1.807, 2.05) is 115 Å². The lowest BCUT2D eigenvalue weighted by atomic mass is 9.99. The van der Waals surface area contributed by atoms with Gasteiger partial charge in [-0.2, -0.15) is 10.5 Å². The fraction of sp³-hybridized carbons (Fsp3) is 0. The molecule has 9 rings (SSSR count). The third-order valence-corrected chi connectivity index (χ3v) is 9.82. The van der Waals surface area contributed by atoms with Gasteiger partial charge in [0, 0.05) is 27.5 Å². The van der Waals surface area contributed by atoms with E-state index >= 15 is 0 Å². The first-order chi connectivity index (χ1) is 25.6. The van der Waals surface area contributed by atoms with Crippen molar-refractivity contribution in [2.24, 2.45) is 0 Å². The minimum absolute atomic E-state index is 0.318. The second-order valence-electron chi connectivity index (χ2n) is 12.6. The predicted octanol–water partition coefficient (Wildman–Crippen LogP) is 10.3. The highest BCUT2D eigenvalue weighted by Gasteiger charge is 2.40. The van der Waals surface area contributed by atoms with Crippen LogP contribution in [0.25, 0.3) is 60.9 Å². The van der Waals surface area contributed by atoms with E-state index in [0.717, 1.165) is 55.2 Å². The maximum absolute atomic E-state index is 14.9. The van der Waals surface area contributed by atoms with E-state index in [2.05, 4.69) is 28.8 Å². The van der Waals surface area contributed by atoms with Gasteiger partial charge in [0.1, 0.15) is 0 Å². The zero-order chi connectivity index (χ0) is 35.3. The second kappa shape index (κ2) is 12.1. The summed E-state index contributed by atoms with van der Waals surface area (Å²) >= 11 is 0. The molecule has 8 aromatic rings. The molecule has 0 aliphatic carbocycles. The van der Waals surface area contributed by atoms with Gasteiger partial charge in [-0.1, -0.05) is 115 Å². The van der Waals surface area contributed by atoms with Crippen LogP contribution in [0, 0.1) is 22.7 Å². The van der Waals surface area contributed by atoms with Gasteiger partial charge >= 0.3 is 0 Å². The summed E-state index contributed by atoms with van der Waals surface area (Å²) in [6, 6.07) is 54.3. The van der Waals surface area contributed by atoms with Crippen molar-refractivity contribution in [2.45, 2.75) is 0 Å².